The summed E-state index contributed by atoms with van der Waals surface area (Å²) in [7, 11) is 0. The van der Waals surface area contributed by atoms with Crippen LogP contribution < -0.4 is 10.2 Å². The van der Waals surface area contributed by atoms with Crippen molar-refractivity contribution in [3.05, 3.63) is 99.2 Å². The van der Waals surface area contributed by atoms with Gasteiger partial charge in [0.15, 0.2) is 0 Å². The van der Waals surface area contributed by atoms with Gasteiger partial charge in [-0.05, 0) is 39.9 Å². The highest BCUT2D eigenvalue weighted by Crippen LogP contribution is 2.44. The minimum atomic E-state index is -0.439. The highest BCUT2D eigenvalue weighted by molar-refractivity contribution is 7.16. The lowest BCUT2D eigenvalue weighted by atomic mass is 9.98. The maximum absolute atomic E-state index is 12.2. The molecular weight excluding hydrogens is 408 g/mol. The van der Waals surface area contributed by atoms with E-state index in [1.54, 1.807) is 0 Å². The Balaban J connectivity index is 1.18. The molecule has 0 aliphatic heterocycles. The summed E-state index contributed by atoms with van der Waals surface area (Å²) >= 11 is 1.18. The quantitative estimate of drug-likeness (QED) is 0.462. The van der Waals surface area contributed by atoms with Crippen LogP contribution >= 0.6 is 11.3 Å². The number of aromatic amines is 1. The van der Waals surface area contributed by atoms with Crippen molar-refractivity contribution in [3.8, 4) is 11.1 Å². The van der Waals surface area contributed by atoms with Gasteiger partial charge in [-0.15, -0.1) is 0 Å². The highest BCUT2D eigenvalue weighted by Gasteiger charge is 2.28. The molecule has 1 aliphatic rings. The van der Waals surface area contributed by atoms with Crippen LogP contribution in [0.1, 0.15) is 22.6 Å². The topological polar surface area (TPSA) is 71.2 Å². The summed E-state index contributed by atoms with van der Waals surface area (Å²) in [5, 5.41) is 2.76. The molecule has 1 amide bonds. The molecule has 0 saturated carbocycles. The van der Waals surface area contributed by atoms with Gasteiger partial charge in [-0.1, -0.05) is 78.1 Å². The van der Waals surface area contributed by atoms with Gasteiger partial charge in [-0.3, -0.25) is 4.79 Å². The lowest BCUT2D eigenvalue weighted by molar-refractivity contribution is 0.144. The predicted molar refractivity (Wildman–Crippen MR) is 125 cm³/mol. The van der Waals surface area contributed by atoms with Gasteiger partial charge in [0.1, 0.15) is 6.61 Å². The zero-order chi connectivity index (χ0) is 21.2. The molecule has 0 radical (unpaired) electrons. The summed E-state index contributed by atoms with van der Waals surface area (Å²) in [6, 6.07) is 22.3. The Labute approximate surface area is 183 Å². The van der Waals surface area contributed by atoms with Crippen molar-refractivity contribution in [1.29, 1.82) is 0 Å². The number of amides is 1. The molecule has 3 aromatic carbocycles. The molecule has 1 heterocycles. The smallest absolute Gasteiger partial charge is 0.407 e. The number of alkyl carbamates (subject to hydrolysis) is 1. The zero-order valence-corrected chi connectivity index (χ0v) is 17.4. The van der Waals surface area contributed by atoms with Gasteiger partial charge in [0.05, 0.1) is 10.2 Å². The molecule has 4 aromatic rings. The lowest BCUT2D eigenvalue weighted by Gasteiger charge is -2.14. The molecule has 1 aromatic heterocycles. The van der Waals surface area contributed by atoms with Crippen LogP contribution in [0.3, 0.4) is 0 Å². The van der Waals surface area contributed by atoms with E-state index in [4.69, 9.17) is 4.74 Å². The summed E-state index contributed by atoms with van der Waals surface area (Å²) in [5.41, 5.74) is 6.61. The minimum absolute atomic E-state index is 0.0499. The second kappa shape index (κ2) is 8.24. The minimum Gasteiger partial charge on any atom is -0.449 e. The highest BCUT2D eigenvalue weighted by atomic mass is 32.1. The van der Waals surface area contributed by atoms with Crippen molar-refractivity contribution in [1.82, 2.24) is 10.3 Å². The first-order valence-corrected chi connectivity index (χ1v) is 10.9. The summed E-state index contributed by atoms with van der Waals surface area (Å²) < 4.78 is 6.44. The van der Waals surface area contributed by atoms with E-state index in [-0.39, 0.29) is 10.8 Å². The third-order valence-corrected chi connectivity index (χ3v) is 6.31. The fraction of sp³-hybridized carbons (Fsp3) is 0.120. The zero-order valence-electron chi connectivity index (χ0n) is 16.6. The number of carbonyl (C=O) groups excluding carboxylic acids is 1. The Kier molecular flexibility index (Phi) is 5.14. The number of carbonyl (C=O) groups is 1. The van der Waals surface area contributed by atoms with E-state index in [0.717, 1.165) is 15.8 Å². The van der Waals surface area contributed by atoms with Gasteiger partial charge in [0.2, 0.25) is 0 Å². The second-order valence-electron chi connectivity index (χ2n) is 7.38. The Bertz CT molecular complexity index is 1310. The predicted octanol–water partition coefficient (Wildman–Crippen LogP) is 5.14. The SMILES string of the molecule is O=C(NCC=Cc1ccc2[nH]c(=O)sc2c1)OCC1c2ccccc2-c2ccccc21. The standard InChI is InChI=1S/C25H20N2O3S/c28-24(26-13-5-6-16-11-12-22-23(14-16)31-25(29)27-22)30-15-21-19-9-3-1-7-17(19)18-8-2-4-10-20(18)21/h1-12,14,21H,13,15H2,(H,26,28)(H,27,29). The van der Waals surface area contributed by atoms with E-state index in [0.29, 0.717) is 13.2 Å². The van der Waals surface area contributed by atoms with Crippen LogP contribution in [0.4, 0.5) is 4.79 Å². The molecule has 5 nitrogen and oxygen atoms in total. The summed E-state index contributed by atoms with van der Waals surface area (Å²) in [6.45, 7) is 0.657. The molecule has 5 rings (SSSR count). The fourth-order valence-corrected chi connectivity index (χ4v) is 4.84. The van der Waals surface area contributed by atoms with Crippen molar-refractivity contribution in [3.63, 3.8) is 0 Å². The molecule has 6 heteroatoms. The number of hydrogen-bond acceptors (Lipinski definition) is 4. The Morgan fingerprint density at radius 3 is 2.48 bits per heavy atom. The normalized spacial score (nSPS) is 12.8. The molecule has 0 bridgehead atoms. The van der Waals surface area contributed by atoms with Crippen LogP contribution in [-0.4, -0.2) is 24.2 Å². The maximum atomic E-state index is 12.2. The van der Waals surface area contributed by atoms with Crippen LogP contribution in [0.5, 0.6) is 0 Å². The van der Waals surface area contributed by atoms with E-state index < -0.39 is 6.09 Å². The van der Waals surface area contributed by atoms with Crippen LogP contribution in [-0.2, 0) is 4.74 Å². The van der Waals surface area contributed by atoms with E-state index >= 15 is 0 Å². The number of aromatic nitrogens is 1. The van der Waals surface area contributed by atoms with Gasteiger partial charge < -0.3 is 15.0 Å². The van der Waals surface area contributed by atoms with Crippen LogP contribution in [0.25, 0.3) is 27.4 Å². The molecule has 0 saturated heterocycles. The van der Waals surface area contributed by atoms with Crippen molar-refractivity contribution in [2.24, 2.45) is 0 Å². The number of nitrogens with one attached hydrogen (secondary N) is 2. The molecule has 0 unspecified atom stereocenters. The summed E-state index contributed by atoms with van der Waals surface area (Å²) in [6.07, 6.45) is 3.33. The third kappa shape index (κ3) is 3.90. The van der Waals surface area contributed by atoms with Crippen LogP contribution in [0.15, 0.2) is 77.6 Å². The average Bonchev–Trinajstić information content (AvgIpc) is 3.32. The number of rotatable bonds is 5. The molecule has 154 valence electrons. The molecule has 0 atom stereocenters. The number of hydrogen-bond donors (Lipinski definition) is 2. The Morgan fingerprint density at radius 1 is 1.03 bits per heavy atom. The molecule has 2 N–H and O–H groups in total. The van der Waals surface area contributed by atoms with E-state index in [1.165, 1.54) is 33.6 Å². The Hall–Kier alpha value is -3.64. The van der Waals surface area contributed by atoms with Gasteiger partial charge in [-0.25, -0.2) is 4.79 Å². The lowest BCUT2D eigenvalue weighted by Crippen LogP contribution is -2.26. The molecule has 31 heavy (non-hydrogen) atoms. The number of benzene rings is 3. The first kappa shape index (κ1) is 19.3. The van der Waals surface area contributed by atoms with Crippen molar-refractivity contribution in [2.45, 2.75) is 5.92 Å². The Morgan fingerprint density at radius 2 is 1.74 bits per heavy atom. The first-order valence-electron chi connectivity index (χ1n) is 10.1. The van der Waals surface area contributed by atoms with Crippen LogP contribution in [0.2, 0.25) is 0 Å². The number of thiazole rings is 1. The molecule has 0 spiro atoms. The van der Waals surface area contributed by atoms with Gasteiger partial charge in [0, 0.05) is 12.5 Å². The number of ether oxygens (including phenoxy) is 1. The summed E-state index contributed by atoms with van der Waals surface area (Å²) in [5.74, 6) is 0.0499. The maximum Gasteiger partial charge on any atom is 0.407 e. The third-order valence-electron chi connectivity index (χ3n) is 5.46. The van der Waals surface area contributed by atoms with Gasteiger partial charge in [0.25, 0.3) is 0 Å². The van der Waals surface area contributed by atoms with E-state index in [9.17, 15) is 9.59 Å². The van der Waals surface area contributed by atoms with Crippen molar-refractivity contribution >= 4 is 33.7 Å². The first-order chi connectivity index (χ1) is 15.2. The van der Waals surface area contributed by atoms with Gasteiger partial charge in [-0.2, -0.15) is 0 Å². The molecule has 0 fully saturated rings. The van der Waals surface area contributed by atoms with Crippen molar-refractivity contribution < 1.29 is 9.53 Å². The second-order valence-corrected chi connectivity index (χ2v) is 8.39. The largest absolute Gasteiger partial charge is 0.449 e. The number of fused-ring (bicyclic) bond motifs is 4. The monoisotopic (exact) mass is 428 g/mol. The van der Waals surface area contributed by atoms with Crippen molar-refractivity contribution in [2.75, 3.05) is 13.2 Å². The average molecular weight is 429 g/mol. The van der Waals surface area contributed by atoms with Crippen LogP contribution in [0, 0.1) is 0 Å². The number of H-pyrrole nitrogens is 1. The van der Waals surface area contributed by atoms with E-state index in [1.807, 2.05) is 54.6 Å². The molecular formula is C25H20N2O3S. The molecule has 1 aliphatic carbocycles. The van der Waals surface area contributed by atoms with Gasteiger partial charge >= 0.3 is 11.0 Å². The fourth-order valence-electron chi connectivity index (χ4n) is 4.05. The van der Waals surface area contributed by atoms with E-state index in [2.05, 4.69) is 34.6 Å². The summed E-state index contributed by atoms with van der Waals surface area (Å²) in [4.78, 5) is 26.3.